The monoisotopic (exact) mass is 393 g/mol. The maximum absolute atomic E-state index is 5.56. The molecule has 0 aliphatic carbocycles. The van der Waals surface area contributed by atoms with Crippen LogP contribution < -0.4 is 19.5 Å². The number of aromatic nitrogens is 2. The maximum atomic E-state index is 5.56. The van der Waals surface area contributed by atoms with E-state index in [0.717, 1.165) is 48.6 Å². The molecule has 1 N–H and O–H groups in total. The normalized spacial score (nSPS) is 13.2. The first kappa shape index (κ1) is 19.2. The summed E-state index contributed by atoms with van der Waals surface area (Å²) in [7, 11) is 4.88. The van der Waals surface area contributed by atoms with E-state index in [4.69, 9.17) is 19.3 Å². The minimum Gasteiger partial charge on any atom is -0.493 e. The molecule has 2 aromatic carbocycles. The molecule has 1 aliphatic rings. The lowest BCUT2D eigenvalue weighted by molar-refractivity contribution is 0.324. The number of nitrogens with zero attached hydrogens (tertiary/aromatic N) is 2. The molecule has 0 spiro atoms. The first-order valence-corrected chi connectivity index (χ1v) is 9.89. The lowest BCUT2D eigenvalue weighted by Crippen LogP contribution is -2.07. The van der Waals surface area contributed by atoms with Crippen LogP contribution in [0.5, 0.6) is 17.2 Å². The topological polar surface area (TPSA) is 57.5 Å². The van der Waals surface area contributed by atoms with Gasteiger partial charge in [-0.1, -0.05) is 12.1 Å². The summed E-state index contributed by atoms with van der Waals surface area (Å²) >= 11 is 0. The third kappa shape index (κ3) is 3.50. The Morgan fingerprint density at radius 1 is 0.966 bits per heavy atom. The Hall–Kier alpha value is -3.15. The predicted molar refractivity (Wildman–Crippen MR) is 115 cm³/mol. The van der Waals surface area contributed by atoms with E-state index < -0.39 is 0 Å². The van der Waals surface area contributed by atoms with Gasteiger partial charge in [-0.2, -0.15) is 5.10 Å². The van der Waals surface area contributed by atoms with E-state index in [1.165, 1.54) is 11.1 Å². The molecule has 6 nitrogen and oxygen atoms in total. The predicted octanol–water partition coefficient (Wildman–Crippen LogP) is 4.62. The van der Waals surface area contributed by atoms with Crippen molar-refractivity contribution in [1.29, 1.82) is 0 Å². The van der Waals surface area contributed by atoms with Crippen LogP contribution in [0.4, 0.5) is 5.82 Å². The van der Waals surface area contributed by atoms with Crippen LogP contribution in [0.15, 0.2) is 36.4 Å². The number of methoxy groups -OCH3 is 3. The number of hydrogen-bond acceptors (Lipinski definition) is 5. The van der Waals surface area contributed by atoms with Crippen LogP contribution in [0.1, 0.15) is 24.0 Å². The highest BCUT2D eigenvalue weighted by atomic mass is 16.5. The second kappa shape index (κ2) is 8.07. The van der Waals surface area contributed by atoms with E-state index in [1.54, 1.807) is 21.3 Å². The van der Waals surface area contributed by atoms with Gasteiger partial charge >= 0.3 is 0 Å². The van der Waals surface area contributed by atoms with Crippen LogP contribution in [0.25, 0.3) is 16.9 Å². The molecule has 3 aromatic rings. The lowest BCUT2D eigenvalue weighted by atomic mass is 10.0. The van der Waals surface area contributed by atoms with E-state index in [0.29, 0.717) is 17.2 Å². The van der Waals surface area contributed by atoms with Crippen LogP contribution in [-0.4, -0.2) is 37.7 Å². The van der Waals surface area contributed by atoms with Gasteiger partial charge in [-0.3, -0.25) is 0 Å². The largest absolute Gasteiger partial charge is 0.493 e. The molecule has 1 aromatic heterocycles. The number of aryl methyl sites for hydroxylation is 1. The minimum atomic E-state index is 0.584. The zero-order valence-electron chi connectivity index (χ0n) is 17.4. The summed E-state index contributed by atoms with van der Waals surface area (Å²) in [5.41, 5.74) is 5.36. The summed E-state index contributed by atoms with van der Waals surface area (Å²) in [6.07, 6.45) is 3.23. The van der Waals surface area contributed by atoms with Crippen LogP contribution in [0, 0.1) is 6.92 Å². The number of rotatable bonds is 5. The van der Waals surface area contributed by atoms with E-state index >= 15 is 0 Å². The summed E-state index contributed by atoms with van der Waals surface area (Å²) in [4.78, 5) is 0. The second-order valence-electron chi connectivity index (χ2n) is 7.22. The van der Waals surface area contributed by atoms with Crippen molar-refractivity contribution in [3.05, 3.63) is 47.5 Å². The van der Waals surface area contributed by atoms with Gasteiger partial charge in [0.1, 0.15) is 5.82 Å². The van der Waals surface area contributed by atoms with Crippen LogP contribution in [0.2, 0.25) is 0 Å². The zero-order valence-corrected chi connectivity index (χ0v) is 17.4. The molecule has 152 valence electrons. The van der Waals surface area contributed by atoms with Crippen molar-refractivity contribution in [3.63, 3.8) is 0 Å². The number of fused-ring (bicyclic) bond motifs is 1. The van der Waals surface area contributed by atoms with Gasteiger partial charge in [-0.15, -0.1) is 0 Å². The Labute approximate surface area is 171 Å². The van der Waals surface area contributed by atoms with Gasteiger partial charge in [0, 0.05) is 17.7 Å². The Balaban J connectivity index is 1.93. The Morgan fingerprint density at radius 3 is 2.38 bits per heavy atom. The van der Waals surface area contributed by atoms with Crippen molar-refractivity contribution in [2.24, 2.45) is 0 Å². The molecule has 0 saturated heterocycles. The SMILES string of the molecule is COc1cc(-c2nn(-c3cccc(C)c3)c3c2CCCCN3)cc(OC)c1OC. The summed E-state index contributed by atoms with van der Waals surface area (Å²) in [5.74, 6) is 2.91. The van der Waals surface area contributed by atoms with E-state index in [-0.39, 0.29) is 0 Å². The van der Waals surface area contributed by atoms with E-state index in [1.807, 2.05) is 16.8 Å². The van der Waals surface area contributed by atoms with Gasteiger partial charge in [0.25, 0.3) is 0 Å². The van der Waals surface area contributed by atoms with Crippen molar-refractivity contribution < 1.29 is 14.2 Å². The zero-order chi connectivity index (χ0) is 20.4. The number of nitrogens with one attached hydrogen (secondary N) is 1. The Kier molecular flexibility index (Phi) is 5.34. The van der Waals surface area contributed by atoms with Crippen molar-refractivity contribution in [2.75, 3.05) is 33.2 Å². The molecular weight excluding hydrogens is 366 g/mol. The third-order valence-corrected chi connectivity index (χ3v) is 5.31. The van der Waals surface area contributed by atoms with Crippen molar-refractivity contribution in [2.45, 2.75) is 26.2 Å². The molecule has 0 unspecified atom stereocenters. The van der Waals surface area contributed by atoms with Crippen molar-refractivity contribution >= 4 is 5.82 Å². The summed E-state index contributed by atoms with van der Waals surface area (Å²) in [6.45, 7) is 3.04. The minimum absolute atomic E-state index is 0.584. The van der Waals surface area contributed by atoms with Gasteiger partial charge < -0.3 is 19.5 Å². The molecule has 2 heterocycles. The third-order valence-electron chi connectivity index (χ3n) is 5.31. The fourth-order valence-corrected chi connectivity index (χ4v) is 3.90. The first-order chi connectivity index (χ1) is 14.2. The van der Waals surface area contributed by atoms with Gasteiger partial charge in [0.05, 0.1) is 32.7 Å². The molecule has 0 bridgehead atoms. The van der Waals surface area contributed by atoms with Crippen molar-refractivity contribution in [3.8, 4) is 34.2 Å². The lowest BCUT2D eigenvalue weighted by Gasteiger charge is -2.14. The first-order valence-electron chi connectivity index (χ1n) is 9.89. The van der Waals surface area contributed by atoms with Gasteiger partial charge in [-0.25, -0.2) is 4.68 Å². The quantitative estimate of drug-likeness (QED) is 0.685. The van der Waals surface area contributed by atoms with Crippen LogP contribution >= 0.6 is 0 Å². The standard InChI is InChI=1S/C23H27N3O3/c1-15-8-7-9-17(12-15)26-23-18(10-5-6-11-24-23)21(25-26)16-13-19(27-2)22(29-4)20(14-16)28-3/h7-9,12-14,24H,5-6,10-11H2,1-4H3. The highest BCUT2D eigenvalue weighted by molar-refractivity contribution is 5.75. The smallest absolute Gasteiger partial charge is 0.203 e. The molecule has 1 aliphatic heterocycles. The number of benzene rings is 2. The van der Waals surface area contributed by atoms with Crippen LogP contribution in [0.3, 0.4) is 0 Å². The maximum Gasteiger partial charge on any atom is 0.203 e. The molecule has 0 saturated carbocycles. The van der Waals surface area contributed by atoms with Gasteiger partial charge in [-0.05, 0) is 56.0 Å². The molecule has 0 fully saturated rings. The molecule has 4 rings (SSSR count). The Bertz CT molecular complexity index is 1000. The highest BCUT2D eigenvalue weighted by Gasteiger charge is 2.24. The fourth-order valence-electron chi connectivity index (χ4n) is 3.90. The van der Waals surface area contributed by atoms with E-state index in [2.05, 4.69) is 36.5 Å². The fraction of sp³-hybridized carbons (Fsp3) is 0.348. The van der Waals surface area contributed by atoms with Gasteiger partial charge in [0.15, 0.2) is 11.5 Å². The van der Waals surface area contributed by atoms with E-state index in [9.17, 15) is 0 Å². The number of ether oxygens (including phenoxy) is 3. The summed E-state index contributed by atoms with van der Waals surface area (Å²) < 4.78 is 18.6. The van der Waals surface area contributed by atoms with Crippen molar-refractivity contribution in [1.82, 2.24) is 9.78 Å². The molecule has 0 radical (unpaired) electrons. The second-order valence-corrected chi connectivity index (χ2v) is 7.22. The Morgan fingerprint density at radius 2 is 1.72 bits per heavy atom. The van der Waals surface area contributed by atoms with Gasteiger partial charge in [0.2, 0.25) is 5.75 Å². The molecule has 0 amide bonds. The molecule has 6 heteroatoms. The highest BCUT2D eigenvalue weighted by Crippen LogP contribution is 2.43. The summed E-state index contributed by atoms with van der Waals surface area (Å²) in [5, 5.41) is 8.62. The summed E-state index contributed by atoms with van der Waals surface area (Å²) in [6, 6.07) is 12.3. The van der Waals surface area contributed by atoms with Crippen LogP contribution in [-0.2, 0) is 6.42 Å². The molecule has 0 atom stereocenters. The average Bonchev–Trinajstić information content (AvgIpc) is 2.93. The number of anilines is 1. The number of hydrogen-bond donors (Lipinski definition) is 1. The average molecular weight is 393 g/mol. The molecular formula is C23H27N3O3. The molecule has 29 heavy (non-hydrogen) atoms.